The first kappa shape index (κ1) is 13.2. The number of methoxy groups -OCH3 is 2. The van der Waals surface area contributed by atoms with Crippen molar-refractivity contribution in [1.29, 1.82) is 0 Å². The molecule has 0 radical (unpaired) electrons. The van der Waals surface area contributed by atoms with Crippen molar-refractivity contribution in [2.75, 3.05) is 20.8 Å². The SMILES string of the molecule is CCc1ccc(OC)c(OC)c1C1(C)CCCN1. The van der Waals surface area contributed by atoms with E-state index in [9.17, 15) is 0 Å². The van der Waals surface area contributed by atoms with Gasteiger partial charge in [0.2, 0.25) is 0 Å². The van der Waals surface area contributed by atoms with Crippen LogP contribution in [0.1, 0.15) is 37.8 Å². The van der Waals surface area contributed by atoms with Crippen molar-refractivity contribution in [1.82, 2.24) is 5.32 Å². The maximum atomic E-state index is 5.62. The Morgan fingerprint density at radius 2 is 2.06 bits per heavy atom. The van der Waals surface area contributed by atoms with Gasteiger partial charge in [0.25, 0.3) is 0 Å². The lowest BCUT2D eigenvalue weighted by Gasteiger charge is -2.30. The summed E-state index contributed by atoms with van der Waals surface area (Å²) in [6, 6.07) is 4.15. The van der Waals surface area contributed by atoms with Crippen LogP contribution in [0.15, 0.2) is 12.1 Å². The largest absolute Gasteiger partial charge is 0.493 e. The van der Waals surface area contributed by atoms with Crippen molar-refractivity contribution >= 4 is 0 Å². The van der Waals surface area contributed by atoms with E-state index in [0.29, 0.717) is 0 Å². The van der Waals surface area contributed by atoms with Crippen molar-refractivity contribution in [2.24, 2.45) is 0 Å². The fourth-order valence-electron chi connectivity index (χ4n) is 2.98. The van der Waals surface area contributed by atoms with E-state index in [2.05, 4.69) is 25.2 Å². The van der Waals surface area contributed by atoms with E-state index >= 15 is 0 Å². The second kappa shape index (κ2) is 5.19. The van der Waals surface area contributed by atoms with Gasteiger partial charge in [-0.1, -0.05) is 13.0 Å². The summed E-state index contributed by atoms with van der Waals surface area (Å²) in [7, 11) is 3.41. The summed E-state index contributed by atoms with van der Waals surface area (Å²) in [4.78, 5) is 0. The lowest BCUT2D eigenvalue weighted by atomic mass is 9.85. The molecule has 3 nitrogen and oxygen atoms in total. The Morgan fingerprint density at radius 3 is 2.56 bits per heavy atom. The lowest BCUT2D eigenvalue weighted by molar-refractivity contribution is 0.332. The van der Waals surface area contributed by atoms with Gasteiger partial charge in [-0.25, -0.2) is 0 Å². The average molecular weight is 249 g/mol. The smallest absolute Gasteiger partial charge is 0.166 e. The number of rotatable bonds is 4. The van der Waals surface area contributed by atoms with Crippen LogP contribution in [0.2, 0.25) is 0 Å². The molecule has 0 amide bonds. The van der Waals surface area contributed by atoms with Crippen molar-refractivity contribution in [3.8, 4) is 11.5 Å². The molecule has 100 valence electrons. The molecule has 1 aliphatic heterocycles. The highest BCUT2D eigenvalue weighted by Crippen LogP contribution is 2.43. The van der Waals surface area contributed by atoms with Gasteiger partial charge < -0.3 is 14.8 Å². The van der Waals surface area contributed by atoms with E-state index in [1.165, 1.54) is 17.5 Å². The van der Waals surface area contributed by atoms with Crippen LogP contribution >= 0.6 is 0 Å². The molecule has 18 heavy (non-hydrogen) atoms. The maximum Gasteiger partial charge on any atom is 0.166 e. The van der Waals surface area contributed by atoms with E-state index in [1.807, 2.05) is 6.07 Å². The monoisotopic (exact) mass is 249 g/mol. The van der Waals surface area contributed by atoms with Crippen LogP contribution < -0.4 is 14.8 Å². The average Bonchev–Trinajstić information content (AvgIpc) is 2.84. The molecule has 1 N–H and O–H groups in total. The molecule has 0 aliphatic carbocycles. The van der Waals surface area contributed by atoms with Crippen LogP contribution in [0.4, 0.5) is 0 Å². The summed E-state index contributed by atoms with van der Waals surface area (Å²) in [6.45, 7) is 5.51. The van der Waals surface area contributed by atoms with Crippen molar-refractivity contribution in [2.45, 2.75) is 38.6 Å². The Hall–Kier alpha value is -1.22. The number of aryl methyl sites for hydroxylation is 1. The van der Waals surface area contributed by atoms with Crippen molar-refractivity contribution < 1.29 is 9.47 Å². The van der Waals surface area contributed by atoms with Crippen molar-refractivity contribution in [3.05, 3.63) is 23.3 Å². The Balaban J connectivity index is 2.60. The Bertz CT molecular complexity index is 423. The fraction of sp³-hybridized carbons (Fsp3) is 0.600. The molecular weight excluding hydrogens is 226 g/mol. The summed E-state index contributed by atoms with van der Waals surface area (Å²) in [5, 5.41) is 3.61. The molecule has 1 unspecified atom stereocenters. The van der Waals surface area contributed by atoms with Gasteiger partial charge in [0.05, 0.1) is 14.2 Å². The van der Waals surface area contributed by atoms with Crippen LogP contribution in [-0.2, 0) is 12.0 Å². The quantitative estimate of drug-likeness (QED) is 0.890. The van der Waals surface area contributed by atoms with Gasteiger partial charge in [0.15, 0.2) is 11.5 Å². The number of hydrogen-bond donors (Lipinski definition) is 1. The minimum atomic E-state index is 0.00519. The summed E-state index contributed by atoms with van der Waals surface area (Å²) in [5.74, 6) is 1.70. The molecule has 1 heterocycles. The molecule has 3 heteroatoms. The van der Waals surface area contributed by atoms with Crippen LogP contribution in [0.3, 0.4) is 0 Å². The molecular formula is C15H23NO2. The van der Waals surface area contributed by atoms with E-state index in [0.717, 1.165) is 30.9 Å². The summed E-state index contributed by atoms with van der Waals surface area (Å²) < 4.78 is 11.1. The van der Waals surface area contributed by atoms with Gasteiger partial charge in [-0.2, -0.15) is 0 Å². The maximum absolute atomic E-state index is 5.62. The Labute approximate surface area is 109 Å². The van der Waals surface area contributed by atoms with Crippen LogP contribution in [-0.4, -0.2) is 20.8 Å². The van der Waals surface area contributed by atoms with Gasteiger partial charge in [-0.15, -0.1) is 0 Å². The van der Waals surface area contributed by atoms with Gasteiger partial charge in [0.1, 0.15) is 0 Å². The number of benzene rings is 1. The number of ether oxygens (including phenoxy) is 2. The zero-order valence-electron chi connectivity index (χ0n) is 11.8. The molecule has 1 aromatic carbocycles. The molecule has 1 aromatic rings. The molecule has 1 saturated heterocycles. The van der Waals surface area contributed by atoms with Gasteiger partial charge in [0, 0.05) is 11.1 Å². The van der Waals surface area contributed by atoms with Crippen LogP contribution in [0, 0.1) is 0 Å². The zero-order valence-corrected chi connectivity index (χ0v) is 11.8. The molecule has 1 atom stereocenters. The molecule has 0 bridgehead atoms. The van der Waals surface area contributed by atoms with Crippen molar-refractivity contribution in [3.63, 3.8) is 0 Å². The van der Waals surface area contributed by atoms with Gasteiger partial charge in [-0.3, -0.25) is 0 Å². The molecule has 1 aliphatic rings. The second-order valence-corrected chi connectivity index (χ2v) is 5.05. The Kier molecular flexibility index (Phi) is 3.81. The van der Waals surface area contributed by atoms with Crippen LogP contribution in [0.5, 0.6) is 11.5 Å². The first-order valence-corrected chi connectivity index (χ1v) is 6.65. The summed E-state index contributed by atoms with van der Waals surface area (Å²) in [5.41, 5.74) is 2.61. The second-order valence-electron chi connectivity index (χ2n) is 5.05. The van der Waals surface area contributed by atoms with E-state index in [-0.39, 0.29) is 5.54 Å². The minimum absolute atomic E-state index is 0.00519. The predicted octanol–water partition coefficient (Wildman–Crippen LogP) is 2.86. The summed E-state index contributed by atoms with van der Waals surface area (Å²) in [6.07, 6.45) is 3.36. The third kappa shape index (κ3) is 2.07. The molecule has 0 saturated carbocycles. The number of hydrogen-bond acceptors (Lipinski definition) is 3. The highest BCUT2D eigenvalue weighted by Gasteiger charge is 2.35. The topological polar surface area (TPSA) is 30.5 Å². The van der Waals surface area contributed by atoms with Gasteiger partial charge >= 0.3 is 0 Å². The highest BCUT2D eigenvalue weighted by atomic mass is 16.5. The highest BCUT2D eigenvalue weighted by molar-refractivity contribution is 5.54. The van der Waals surface area contributed by atoms with Crippen LogP contribution in [0.25, 0.3) is 0 Å². The summed E-state index contributed by atoms with van der Waals surface area (Å²) >= 11 is 0. The van der Waals surface area contributed by atoms with E-state index in [4.69, 9.17) is 9.47 Å². The van der Waals surface area contributed by atoms with Gasteiger partial charge in [-0.05, 0) is 44.4 Å². The number of nitrogens with one attached hydrogen (secondary N) is 1. The zero-order chi connectivity index (χ0) is 13.2. The Morgan fingerprint density at radius 1 is 1.28 bits per heavy atom. The lowest BCUT2D eigenvalue weighted by Crippen LogP contribution is -2.34. The van der Waals surface area contributed by atoms with E-state index < -0.39 is 0 Å². The minimum Gasteiger partial charge on any atom is -0.493 e. The third-order valence-corrected chi connectivity index (χ3v) is 3.93. The predicted molar refractivity (Wildman–Crippen MR) is 73.5 cm³/mol. The molecule has 0 spiro atoms. The molecule has 0 aromatic heterocycles. The standard InChI is InChI=1S/C15H23NO2/c1-5-11-7-8-12(17-3)14(18-4)13(11)15(2)9-6-10-16-15/h7-8,16H,5-6,9-10H2,1-4H3. The fourth-order valence-corrected chi connectivity index (χ4v) is 2.98. The first-order valence-electron chi connectivity index (χ1n) is 6.65. The first-order chi connectivity index (χ1) is 8.66. The molecule has 1 fully saturated rings. The third-order valence-electron chi connectivity index (χ3n) is 3.93. The molecule has 2 rings (SSSR count). The van der Waals surface area contributed by atoms with E-state index in [1.54, 1.807) is 14.2 Å². The normalized spacial score (nSPS) is 23.1.